The molecule has 0 aliphatic rings. The smallest absolute Gasteiger partial charge is 0.239 e. The summed E-state index contributed by atoms with van der Waals surface area (Å²) in [4.78, 5) is 24.0. The van der Waals surface area contributed by atoms with Gasteiger partial charge < -0.3 is 20.1 Å². The molecule has 0 saturated heterocycles. The van der Waals surface area contributed by atoms with Crippen LogP contribution < -0.4 is 20.1 Å². The first-order chi connectivity index (χ1) is 13.0. The number of ether oxygens (including phenoxy) is 2. The van der Waals surface area contributed by atoms with Crippen LogP contribution in [0.3, 0.4) is 0 Å². The van der Waals surface area contributed by atoms with Crippen LogP contribution in [0.2, 0.25) is 0 Å². The maximum absolute atomic E-state index is 12.0. The molecule has 144 valence electrons. The van der Waals surface area contributed by atoms with E-state index >= 15 is 0 Å². The van der Waals surface area contributed by atoms with Crippen LogP contribution in [0.1, 0.15) is 30.5 Å². The molecule has 2 amide bonds. The van der Waals surface area contributed by atoms with Crippen molar-refractivity contribution in [2.45, 2.75) is 25.8 Å². The Morgan fingerprint density at radius 2 is 1.67 bits per heavy atom. The van der Waals surface area contributed by atoms with Crippen LogP contribution >= 0.6 is 0 Å². The molecule has 2 aromatic rings. The second-order valence-electron chi connectivity index (χ2n) is 6.17. The Kier molecular flexibility index (Phi) is 7.67. The SMILES string of the molecule is COc1ccc(CCC(=O)NCC(=O)NC(C)c2ccccc2)cc1OC. The lowest BCUT2D eigenvalue weighted by molar-refractivity contribution is -0.126. The van der Waals surface area contributed by atoms with Gasteiger partial charge >= 0.3 is 0 Å². The van der Waals surface area contributed by atoms with E-state index in [0.717, 1.165) is 11.1 Å². The fourth-order valence-corrected chi connectivity index (χ4v) is 2.68. The van der Waals surface area contributed by atoms with E-state index < -0.39 is 0 Å². The third-order valence-corrected chi connectivity index (χ3v) is 4.21. The van der Waals surface area contributed by atoms with Crippen LogP contribution in [0.25, 0.3) is 0 Å². The predicted octanol–water partition coefficient (Wildman–Crippen LogP) is 2.63. The van der Waals surface area contributed by atoms with Gasteiger partial charge in [0.25, 0.3) is 0 Å². The maximum atomic E-state index is 12.0. The summed E-state index contributed by atoms with van der Waals surface area (Å²) in [7, 11) is 3.15. The van der Waals surface area contributed by atoms with Crippen molar-refractivity contribution in [2.24, 2.45) is 0 Å². The van der Waals surface area contributed by atoms with Crippen molar-refractivity contribution in [1.29, 1.82) is 0 Å². The van der Waals surface area contributed by atoms with E-state index in [1.54, 1.807) is 14.2 Å². The molecule has 2 rings (SSSR count). The topological polar surface area (TPSA) is 76.7 Å². The summed E-state index contributed by atoms with van der Waals surface area (Å²) in [6, 6.07) is 15.1. The molecule has 0 radical (unpaired) electrons. The van der Waals surface area contributed by atoms with Gasteiger partial charge in [-0.1, -0.05) is 36.4 Å². The number of nitrogens with one attached hydrogen (secondary N) is 2. The quantitative estimate of drug-likeness (QED) is 0.711. The molecular weight excluding hydrogens is 344 g/mol. The first-order valence-corrected chi connectivity index (χ1v) is 8.85. The van der Waals surface area contributed by atoms with E-state index in [4.69, 9.17) is 9.47 Å². The number of aryl methyl sites for hydroxylation is 1. The van der Waals surface area contributed by atoms with Gasteiger partial charge in [0.15, 0.2) is 11.5 Å². The van der Waals surface area contributed by atoms with E-state index in [0.29, 0.717) is 17.9 Å². The normalized spacial score (nSPS) is 11.4. The molecule has 0 aliphatic carbocycles. The third-order valence-electron chi connectivity index (χ3n) is 4.21. The highest BCUT2D eigenvalue weighted by molar-refractivity contribution is 5.84. The Bertz CT molecular complexity index is 762. The molecule has 1 unspecified atom stereocenters. The van der Waals surface area contributed by atoms with Crippen molar-refractivity contribution >= 4 is 11.8 Å². The van der Waals surface area contributed by atoms with Crippen molar-refractivity contribution in [1.82, 2.24) is 10.6 Å². The van der Waals surface area contributed by atoms with Crippen molar-refractivity contribution in [3.05, 3.63) is 59.7 Å². The Labute approximate surface area is 159 Å². The van der Waals surface area contributed by atoms with Gasteiger partial charge in [-0.15, -0.1) is 0 Å². The number of hydrogen-bond donors (Lipinski definition) is 2. The molecular formula is C21H26N2O4. The molecule has 6 heteroatoms. The number of amides is 2. The van der Waals surface area contributed by atoms with Gasteiger partial charge in [-0.05, 0) is 36.6 Å². The summed E-state index contributed by atoms with van der Waals surface area (Å²) in [5, 5.41) is 5.52. The first-order valence-electron chi connectivity index (χ1n) is 8.85. The molecule has 0 spiro atoms. The van der Waals surface area contributed by atoms with Crippen molar-refractivity contribution in [2.75, 3.05) is 20.8 Å². The largest absolute Gasteiger partial charge is 0.493 e. The minimum Gasteiger partial charge on any atom is -0.493 e. The van der Waals surface area contributed by atoms with Gasteiger partial charge in [-0.2, -0.15) is 0 Å². The predicted molar refractivity (Wildman–Crippen MR) is 104 cm³/mol. The molecule has 27 heavy (non-hydrogen) atoms. The van der Waals surface area contributed by atoms with E-state index in [2.05, 4.69) is 10.6 Å². The first kappa shape index (κ1) is 20.3. The summed E-state index contributed by atoms with van der Waals surface area (Å²) in [5.41, 5.74) is 1.98. The molecule has 0 aromatic heterocycles. The number of carbonyl (C=O) groups is 2. The molecule has 0 aliphatic heterocycles. The summed E-state index contributed by atoms with van der Waals surface area (Å²) < 4.78 is 10.5. The molecule has 0 saturated carbocycles. The number of rotatable bonds is 9. The molecule has 0 heterocycles. The third kappa shape index (κ3) is 6.33. The molecule has 0 bridgehead atoms. The van der Waals surface area contributed by atoms with Crippen molar-refractivity contribution in [3.8, 4) is 11.5 Å². The zero-order chi connectivity index (χ0) is 19.6. The fourth-order valence-electron chi connectivity index (χ4n) is 2.68. The van der Waals surface area contributed by atoms with E-state index in [9.17, 15) is 9.59 Å². The number of carbonyl (C=O) groups excluding carboxylic acids is 2. The zero-order valence-corrected chi connectivity index (χ0v) is 16.0. The van der Waals surface area contributed by atoms with Gasteiger partial charge in [0, 0.05) is 6.42 Å². The summed E-state index contributed by atoms with van der Waals surface area (Å²) >= 11 is 0. The number of hydrogen-bond acceptors (Lipinski definition) is 4. The second-order valence-corrected chi connectivity index (χ2v) is 6.17. The monoisotopic (exact) mass is 370 g/mol. The molecule has 6 nitrogen and oxygen atoms in total. The van der Waals surface area contributed by atoms with Crippen molar-refractivity contribution < 1.29 is 19.1 Å². The van der Waals surface area contributed by atoms with E-state index in [-0.39, 0.29) is 30.8 Å². The molecule has 0 fully saturated rings. The van der Waals surface area contributed by atoms with E-state index in [1.165, 1.54) is 0 Å². The Morgan fingerprint density at radius 3 is 2.33 bits per heavy atom. The van der Waals surface area contributed by atoms with Gasteiger partial charge in [-0.25, -0.2) is 0 Å². The maximum Gasteiger partial charge on any atom is 0.239 e. The van der Waals surface area contributed by atoms with Gasteiger partial charge in [-0.3, -0.25) is 9.59 Å². The lowest BCUT2D eigenvalue weighted by Crippen LogP contribution is -2.38. The van der Waals surface area contributed by atoms with Crippen LogP contribution in [-0.2, 0) is 16.0 Å². The zero-order valence-electron chi connectivity index (χ0n) is 16.0. The lowest BCUT2D eigenvalue weighted by atomic mass is 10.1. The molecule has 2 aromatic carbocycles. The van der Waals surface area contributed by atoms with Crippen LogP contribution in [0.5, 0.6) is 11.5 Å². The van der Waals surface area contributed by atoms with Crippen LogP contribution in [0.4, 0.5) is 0 Å². The fraction of sp³-hybridized carbons (Fsp3) is 0.333. The second kappa shape index (κ2) is 10.2. The van der Waals surface area contributed by atoms with Crippen LogP contribution in [0.15, 0.2) is 48.5 Å². The Balaban J connectivity index is 1.75. The summed E-state index contributed by atoms with van der Waals surface area (Å²) in [6.07, 6.45) is 0.839. The summed E-state index contributed by atoms with van der Waals surface area (Å²) in [5.74, 6) is 0.887. The molecule has 2 N–H and O–H groups in total. The lowest BCUT2D eigenvalue weighted by Gasteiger charge is -2.14. The Hall–Kier alpha value is -3.02. The minimum atomic E-state index is -0.217. The van der Waals surface area contributed by atoms with Gasteiger partial charge in [0.1, 0.15) is 0 Å². The van der Waals surface area contributed by atoms with Gasteiger partial charge in [0.05, 0.1) is 26.8 Å². The summed E-state index contributed by atoms with van der Waals surface area (Å²) in [6.45, 7) is 1.87. The van der Waals surface area contributed by atoms with Crippen LogP contribution in [0, 0.1) is 0 Å². The van der Waals surface area contributed by atoms with Crippen LogP contribution in [-0.4, -0.2) is 32.6 Å². The van der Waals surface area contributed by atoms with Gasteiger partial charge in [0.2, 0.25) is 11.8 Å². The molecule has 1 atom stereocenters. The highest BCUT2D eigenvalue weighted by Gasteiger charge is 2.11. The number of benzene rings is 2. The highest BCUT2D eigenvalue weighted by atomic mass is 16.5. The minimum absolute atomic E-state index is 0.0397. The highest BCUT2D eigenvalue weighted by Crippen LogP contribution is 2.27. The van der Waals surface area contributed by atoms with E-state index in [1.807, 2.05) is 55.5 Å². The average Bonchev–Trinajstić information content (AvgIpc) is 2.71. The Morgan fingerprint density at radius 1 is 0.963 bits per heavy atom. The number of methoxy groups -OCH3 is 2. The standard InChI is InChI=1S/C21H26N2O4/c1-15(17-7-5-4-6-8-17)23-21(25)14-22-20(24)12-10-16-9-11-18(26-2)19(13-16)27-3/h4-9,11,13,15H,10,12,14H2,1-3H3,(H,22,24)(H,23,25). The van der Waals surface area contributed by atoms with Crippen molar-refractivity contribution in [3.63, 3.8) is 0 Å². The average molecular weight is 370 g/mol.